The SMILES string of the molecule is Cc1ccc(C(=O)Oc2ccc(Br)c(C)c2)cc1. The van der Waals surface area contributed by atoms with Crippen LogP contribution in [0.15, 0.2) is 46.9 Å². The van der Waals surface area contributed by atoms with Crippen LogP contribution in [0.5, 0.6) is 5.75 Å². The lowest BCUT2D eigenvalue weighted by molar-refractivity contribution is 0.0734. The molecular weight excluding hydrogens is 292 g/mol. The standard InChI is InChI=1S/C15H13BrO2/c1-10-3-5-12(6-4-10)15(17)18-13-7-8-14(16)11(2)9-13/h3-9H,1-2H3. The fraction of sp³-hybridized carbons (Fsp3) is 0.133. The van der Waals surface area contributed by atoms with Gasteiger partial charge in [-0.2, -0.15) is 0 Å². The van der Waals surface area contributed by atoms with Gasteiger partial charge in [0, 0.05) is 4.47 Å². The molecule has 0 saturated heterocycles. The van der Waals surface area contributed by atoms with Gasteiger partial charge in [0.15, 0.2) is 0 Å². The Kier molecular flexibility index (Phi) is 3.82. The van der Waals surface area contributed by atoms with Crippen LogP contribution in [0.25, 0.3) is 0 Å². The molecule has 0 N–H and O–H groups in total. The van der Waals surface area contributed by atoms with E-state index in [9.17, 15) is 4.79 Å². The number of rotatable bonds is 2. The molecule has 2 nitrogen and oxygen atoms in total. The van der Waals surface area contributed by atoms with Crippen LogP contribution in [0.3, 0.4) is 0 Å². The van der Waals surface area contributed by atoms with Crippen LogP contribution in [-0.2, 0) is 0 Å². The number of carbonyl (C=O) groups is 1. The summed E-state index contributed by atoms with van der Waals surface area (Å²) in [4.78, 5) is 11.9. The highest BCUT2D eigenvalue weighted by atomic mass is 79.9. The Bertz CT molecular complexity index is 574. The Hall–Kier alpha value is -1.61. The van der Waals surface area contributed by atoms with Gasteiger partial charge >= 0.3 is 5.97 Å². The van der Waals surface area contributed by atoms with Gasteiger partial charge < -0.3 is 4.74 Å². The highest BCUT2D eigenvalue weighted by molar-refractivity contribution is 9.10. The lowest BCUT2D eigenvalue weighted by Gasteiger charge is -2.06. The second-order valence-electron chi connectivity index (χ2n) is 4.17. The second kappa shape index (κ2) is 5.36. The first kappa shape index (κ1) is 12.8. The molecule has 0 aliphatic carbocycles. The van der Waals surface area contributed by atoms with E-state index in [0.717, 1.165) is 15.6 Å². The molecule has 0 aliphatic rings. The van der Waals surface area contributed by atoms with Crippen molar-refractivity contribution >= 4 is 21.9 Å². The average molecular weight is 305 g/mol. The molecule has 0 amide bonds. The minimum Gasteiger partial charge on any atom is -0.423 e. The van der Waals surface area contributed by atoms with Gasteiger partial charge in [-0.1, -0.05) is 33.6 Å². The number of hydrogen-bond donors (Lipinski definition) is 0. The number of benzene rings is 2. The fourth-order valence-corrected chi connectivity index (χ4v) is 1.78. The Balaban J connectivity index is 2.16. The largest absolute Gasteiger partial charge is 0.423 e. The Morgan fingerprint density at radius 1 is 1.06 bits per heavy atom. The van der Waals surface area contributed by atoms with Crippen LogP contribution in [0.1, 0.15) is 21.5 Å². The van der Waals surface area contributed by atoms with Crippen molar-refractivity contribution in [2.24, 2.45) is 0 Å². The summed E-state index contributed by atoms with van der Waals surface area (Å²) in [7, 11) is 0. The molecule has 0 fully saturated rings. The highest BCUT2D eigenvalue weighted by Crippen LogP contribution is 2.22. The van der Waals surface area contributed by atoms with Crippen LogP contribution in [0.4, 0.5) is 0 Å². The predicted octanol–water partition coefficient (Wildman–Crippen LogP) is 4.29. The monoisotopic (exact) mass is 304 g/mol. The van der Waals surface area contributed by atoms with Crippen LogP contribution in [0, 0.1) is 13.8 Å². The summed E-state index contributed by atoms with van der Waals surface area (Å²) in [5.74, 6) is 0.220. The van der Waals surface area contributed by atoms with Gasteiger partial charge in [-0.05, 0) is 49.7 Å². The first-order valence-corrected chi connectivity index (χ1v) is 6.40. The number of carbonyl (C=O) groups excluding carboxylic acids is 1. The van der Waals surface area contributed by atoms with E-state index in [0.29, 0.717) is 11.3 Å². The van der Waals surface area contributed by atoms with Gasteiger partial charge in [0.2, 0.25) is 0 Å². The molecule has 3 heteroatoms. The zero-order chi connectivity index (χ0) is 13.1. The number of halogens is 1. The first-order valence-electron chi connectivity index (χ1n) is 5.61. The van der Waals surface area contributed by atoms with Crippen LogP contribution in [-0.4, -0.2) is 5.97 Å². The fourth-order valence-electron chi connectivity index (χ4n) is 1.54. The van der Waals surface area contributed by atoms with Crippen molar-refractivity contribution in [2.75, 3.05) is 0 Å². The van der Waals surface area contributed by atoms with Crippen molar-refractivity contribution in [3.63, 3.8) is 0 Å². The van der Waals surface area contributed by atoms with E-state index in [1.165, 1.54) is 0 Å². The Morgan fingerprint density at radius 3 is 2.33 bits per heavy atom. The third-order valence-electron chi connectivity index (χ3n) is 2.63. The molecule has 2 rings (SSSR count). The van der Waals surface area contributed by atoms with E-state index in [2.05, 4.69) is 15.9 Å². The lowest BCUT2D eigenvalue weighted by atomic mass is 10.1. The van der Waals surface area contributed by atoms with Gasteiger partial charge in [-0.15, -0.1) is 0 Å². The Labute approximate surface area is 115 Å². The minimum atomic E-state index is -0.336. The van der Waals surface area contributed by atoms with Crippen LogP contribution < -0.4 is 4.74 Å². The van der Waals surface area contributed by atoms with Gasteiger partial charge in [0.25, 0.3) is 0 Å². The van der Waals surface area contributed by atoms with E-state index < -0.39 is 0 Å². The first-order chi connectivity index (χ1) is 8.56. The van der Waals surface area contributed by atoms with Gasteiger partial charge in [-0.25, -0.2) is 4.79 Å². The van der Waals surface area contributed by atoms with Crippen molar-refractivity contribution in [1.82, 2.24) is 0 Å². The van der Waals surface area contributed by atoms with Crippen LogP contribution in [0.2, 0.25) is 0 Å². The predicted molar refractivity (Wildman–Crippen MR) is 75.0 cm³/mol. The third kappa shape index (κ3) is 2.99. The molecule has 2 aromatic rings. The third-order valence-corrected chi connectivity index (χ3v) is 3.52. The highest BCUT2D eigenvalue weighted by Gasteiger charge is 2.08. The summed E-state index contributed by atoms with van der Waals surface area (Å²) < 4.78 is 6.31. The maximum absolute atomic E-state index is 11.9. The second-order valence-corrected chi connectivity index (χ2v) is 5.02. The van der Waals surface area contributed by atoms with Gasteiger partial charge in [0.1, 0.15) is 5.75 Å². The summed E-state index contributed by atoms with van der Waals surface area (Å²) in [6.07, 6.45) is 0. The van der Waals surface area contributed by atoms with E-state index >= 15 is 0 Å². The molecule has 0 unspecified atom stereocenters. The van der Waals surface area contributed by atoms with Crippen molar-refractivity contribution in [2.45, 2.75) is 13.8 Å². The molecule has 0 atom stereocenters. The van der Waals surface area contributed by atoms with Crippen molar-refractivity contribution in [3.8, 4) is 5.75 Å². The number of ether oxygens (including phenoxy) is 1. The maximum Gasteiger partial charge on any atom is 0.343 e. The summed E-state index contributed by atoms with van der Waals surface area (Å²) in [6.45, 7) is 3.93. The number of esters is 1. The molecule has 2 aromatic carbocycles. The quantitative estimate of drug-likeness (QED) is 0.611. The van der Waals surface area contributed by atoms with E-state index in [4.69, 9.17) is 4.74 Å². The molecule has 18 heavy (non-hydrogen) atoms. The Morgan fingerprint density at radius 2 is 1.72 bits per heavy atom. The van der Waals surface area contributed by atoms with Crippen molar-refractivity contribution < 1.29 is 9.53 Å². The molecule has 0 spiro atoms. The smallest absolute Gasteiger partial charge is 0.343 e. The summed E-state index contributed by atoms with van der Waals surface area (Å²) in [6, 6.07) is 12.8. The minimum absolute atomic E-state index is 0.336. The summed E-state index contributed by atoms with van der Waals surface area (Å²) >= 11 is 3.41. The van der Waals surface area contributed by atoms with E-state index in [1.807, 2.05) is 38.1 Å². The van der Waals surface area contributed by atoms with E-state index in [1.54, 1.807) is 18.2 Å². The average Bonchev–Trinajstić information content (AvgIpc) is 2.34. The zero-order valence-electron chi connectivity index (χ0n) is 10.2. The lowest BCUT2D eigenvalue weighted by Crippen LogP contribution is -2.08. The zero-order valence-corrected chi connectivity index (χ0v) is 11.8. The molecule has 0 saturated carbocycles. The summed E-state index contributed by atoms with van der Waals surface area (Å²) in [5.41, 5.74) is 2.71. The molecular formula is C15H13BrO2. The molecule has 0 bridgehead atoms. The van der Waals surface area contributed by atoms with Gasteiger partial charge in [0.05, 0.1) is 5.56 Å². The molecule has 0 radical (unpaired) electrons. The van der Waals surface area contributed by atoms with Gasteiger partial charge in [-0.3, -0.25) is 0 Å². The van der Waals surface area contributed by atoms with Crippen LogP contribution >= 0.6 is 15.9 Å². The molecule has 0 aromatic heterocycles. The van der Waals surface area contributed by atoms with Crippen molar-refractivity contribution in [1.29, 1.82) is 0 Å². The molecule has 92 valence electrons. The normalized spacial score (nSPS) is 10.2. The topological polar surface area (TPSA) is 26.3 Å². The molecule has 0 aliphatic heterocycles. The summed E-state index contributed by atoms with van der Waals surface area (Å²) in [5, 5.41) is 0. The number of aryl methyl sites for hydroxylation is 2. The van der Waals surface area contributed by atoms with Crippen molar-refractivity contribution in [3.05, 3.63) is 63.6 Å². The molecule has 0 heterocycles. The maximum atomic E-state index is 11.9. The van der Waals surface area contributed by atoms with E-state index in [-0.39, 0.29) is 5.97 Å². The number of hydrogen-bond acceptors (Lipinski definition) is 2.